The number of nitrogens with zero attached hydrogens (tertiary/aromatic N) is 2. The number of fused-ring (bicyclic) bond motifs is 1. The van der Waals surface area contributed by atoms with Crippen LogP contribution < -0.4 is 5.73 Å². The Kier molecular flexibility index (Phi) is 2.04. The second kappa shape index (κ2) is 3.10. The SMILES string of the molecule is Cc1ccc(C)c2c(N)nc(Cl)nc12. The van der Waals surface area contributed by atoms with Crippen LogP contribution in [0.5, 0.6) is 0 Å². The summed E-state index contributed by atoms with van der Waals surface area (Å²) >= 11 is 5.75. The predicted molar refractivity (Wildman–Crippen MR) is 58.4 cm³/mol. The van der Waals surface area contributed by atoms with E-state index in [1.165, 1.54) is 0 Å². The molecule has 0 saturated carbocycles. The molecule has 0 fully saturated rings. The van der Waals surface area contributed by atoms with Crippen molar-refractivity contribution in [1.29, 1.82) is 0 Å². The molecule has 2 rings (SSSR count). The van der Waals surface area contributed by atoms with E-state index < -0.39 is 0 Å². The third-order valence-electron chi connectivity index (χ3n) is 2.26. The standard InChI is InChI=1S/C10H10ClN3/c1-5-3-4-6(2)8-7(5)9(12)14-10(11)13-8/h3-4H,1-2H3,(H2,12,13,14). The van der Waals surface area contributed by atoms with E-state index in [1.807, 2.05) is 26.0 Å². The highest BCUT2D eigenvalue weighted by atomic mass is 35.5. The maximum absolute atomic E-state index is 5.79. The zero-order valence-corrected chi connectivity index (χ0v) is 8.76. The number of rotatable bonds is 0. The first kappa shape index (κ1) is 9.21. The van der Waals surface area contributed by atoms with Crippen molar-refractivity contribution in [3.8, 4) is 0 Å². The number of hydrogen-bond donors (Lipinski definition) is 1. The van der Waals surface area contributed by atoms with Crippen LogP contribution in [0.1, 0.15) is 11.1 Å². The van der Waals surface area contributed by atoms with Crippen molar-refractivity contribution in [2.24, 2.45) is 0 Å². The summed E-state index contributed by atoms with van der Waals surface area (Å²) in [5, 5.41) is 1.10. The Bertz CT molecular complexity index is 508. The zero-order chi connectivity index (χ0) is 10.3. The minimum absolute atomic E-state index is 0.198. The molecule has 0 aliphatic carbocycles. The van der Waals surface area contributed by atoms with Gasteiger partial charge < -0.3 is 5.73 Å². The summed E-state index contributed by atoms with van der Waals surface area (Å²) < 4.78 is 0. The monoisotopic (exact) mass is 207 g/mol. The molecular weight excluding hydrogens is 198 g/mol. The van der Waals surface area contributed by atoms with E-state index in [2.05, 4.69) is 9.97 Å². The molecule has 0 bridgehead atoms. The van der Waals surface area contributed by atoms with Gasteiger partial charge >= 0.3 is 0 Å². The topological polar surface area (TPSA) is 51.8 Å². The van der Waals surface area contributed by atoms with Gasteiger partial charge in [0.2, 0.25) is 5.28 Å². The van der Waals surface area contributed by atoms with E-state index in [0.29, 0.717) is 5.82 Å². The van der Waals surface area contributed by atoms with E-state index in [0.717, 1.165) is 22.0 Å². The summed E-state index contributed by atoms with van der Waals surface area (Å²) in [6.07, 6.45) is 0. The average Bonchev–Trinajstić information content (AvgIpc) is 2.10. The third-order valence-corrected chi connectivity index (χ3v) is 2.43. The normalized spacial score (nSPS) is 10.8. The molecule has 0 spiro atoms. The van der Waals surface area contributed by atoms with Gasteiger partial charge in [-0.2, -0.15) is 0 Å². The first-order valence-corrected chi connectivity index (χ1v) is 4.66. The lowest BCUT2D eigenvalue weighted by Crippen LogP contribution is -1.97. The number of aromatic nitrogens is 2. The molecule has 0 radical (unpaired) electrons. The quantitative estimate of drug-likeness (QED) is 0.676. The summed E-state index contributed by atoms with van der Waals surface area (Å²) in [5.74, 6) is 0.446. The molecule has 0 aliphatic heterocycles. The Morgan fingerprint density at radius 2 is 1.79 bits per heavy atom. The van der Waals surface area contributed by atoms with E-state index in [4.69, 9.17) is 17.3 Å². The zero-order valence-electron chi connectivity index (χ0n) is 8.00. The Balaban J connectivity index is 3.00. The van der Waals surface area contributed by atoms with Crippen LogP contribution in [0.25, 0.3) is 10.9 Å². The Labute approximate surface area is 86.9 Å². The van der Waals surface area contributed by atoms with Gasteiger partial charge in [-0.25, -0.2) is 9.97 Å². The summed E-state index contributed by atoms with van der Waals surface area (Å²) in [7, 11) is 0. The third kappa shape index (κ3) is 1.30. The maximum Gasteiger partial charge on any atom is 0.224 e. The highest BCUT2D eigenvalue weighted by molar-refractivity contribution is 6.28. The van der Waals surface area contributed by atoms with E-state index in [-0.39, 0.29) is 5.28 Å². The molecule has 0 amide bonds. The van der Waals surface area contributed by atoms with Crippen molar-refractivity contribution in [3.63, 3.8) is 0 Å². The summed E-state index contributed by atoms with van der Waals surface area (Å²) in [6, 6.07) is 4.01. The molecule has 2 aromatic rings. The second-order valence-corrected chi connectivity index (χ2v) is 3.64. The molecule has 0 atom stereocenters. The summed E-state index contributed by atoms with van der Waals surface area (Å²) in [5.41, 5.74) is 8.75. The van der Waals surface area contributed by atoms with Crippen LogP contribution >= 0.6 is 11.6 Å². The molecule has 1 heterocycles. The van der Waals surface area contributed by atoms with Crippen LogP contribution in [-0.4, -0.2) is 9.97 Å². The molecule has 0 unspecified atom stereocenters. The number of aryl methyl sites for hydroxylation is 2. The van der Waals surface area contributed by atoms with Crippen LogP contribution in [0.15, 0.2) is 12.1 Å². The van der Waals surface area contributed by atoms with E-state index >= 15 is 0 Å². The van der Waals surface area contributed by atoms with Crippen LogP contribution in [0, 0.1) is 13.8 Å². The molecule has 72 valence electrons. The lowest BCUT2D eigenvalue weighted by molar-refractivity contribution is 1.21. The Hall–Kier alpha value is -1.35. The fraction of sp³-hybridized carbons (Fsp3) is 0.200. The predicted octanol–water partition coefficient (Wildman–Crippen LogP) is 2.48. The van der Waals surface area contributed by atoms with Gasteiger partial charge in [-0.15, -0.1) is 0 Å². The van der Waals surface area contributed by atoms with Crippen molar-refractivity contribution in [1.82, 2.24) is 9.97 Å². The smallest absolute Gasteiger partial charge is 0.224 e. The number of nitrogens with two attached hydrogens (primary N) is 1. The lowest BCUT2D eigenvalue weighted by Gasteiger charge is -2.06. The average molecular weight is 208 g/mol. The summed E-state index contributed by atoms with van der Waals surface area (Å²) in [4.78, 5) is 8.11. The van der Waals surface area contributed by atoms with Crippen LogP contribution in [0.2, 0.25) is 5.28 Å². The summed E-state index contributed by atoms with van der Waals surface area (Å²) in [6.45, 7) is 3.96. The fourth-order valence-corrected chi connectivity index (χ4v) is 1.71. The van der Waals surface area contributed by atoms with Crippen molar-refractivity contribution in [3.05, 3.63) is 28.5 Å². The number of nitrogen functional groups attached to an aromatic ring is 1. The Morgan fingerprint density at radius 1 is 1.14 bits per heavy atom. The van der Waals surface area contributed by atoms with Crippen LogP contribution in [-0.2, 0) is 0 Å². The molecule has 1 aromatic heterocycles. The largest absolute Gasteiger partial charge is 0.383 e. The first-order valence-electron chi connectivity index (χ1n) is 4.28. The first-order chi connectivity index (χ1) is 6.59. The molecular formula is C10H10ClN3. The van der Waals surface area contributed by atoms with E-state index in [1.54, 1.807) is 0 Å². The van der Waals surface area contributed by atoms with Gasteiger partial charge in [-0.3, -0.25) is 0 Å². The van der Waals surface area contributed by atoms with Crippen LogP contribution in [0.3, 0.4) is 0 Å². The van der Waals surface area contributed by atoms with Gasteiger partial charge in [0.15, 0.2) is 0 Å². The van der Waals surface area contributed by atoms with Crippen LogP contribution in [0.4, 0.5) is 5.82 Å². The van der Waals surface area contributed by atoms with Gasteiger partial charge in [0.1, 0.15) is 5.82 Å². The van der Waals surface area contributed by atoms with Gasteiger partial charge in [-0.05, 0) is 36.6 Å². The molecule has 2 N–H and O–H groups in total. The number of halogens is 1. The molecule has 0 aliphatic rings. The van der Waals surface area contributed by atoms with Crippen molar-refractivity contribution >= 4 is 28.3 Å². The van der Waals surface area contributed by atoms with Crippen molar-refractivity contribution in [2.45, 2.75) is 13.8 Å². The molecule has 4 heteroatoms. The molecule has 0 saturated heterocycles. The highest BCUT2D eigenvalue weighted by Crippen LogP contribution is 2.25. The molecule has 1 aromatic carbocycles. The number of hydrogen-bond acceptors (Lipinski definition) is 3. The Morgan fingerprint density at radius 3 is 2.50 bits per heavy atom. The minimum atomic E-state index is 0.198. The van der Waals surface area contributed by atoms with Crippen molar-refractivity contribution in [2.75, 3.05) is 5.73 Å². The number of anilines is 1. The van der Waals surface area contributed by atoms with Gasteiger partial charge in [0, 0.05) is 5.39 Å². The van der Waals surface area contributed by atoms with Gasteiger partial charge in [0.25, 0.3) is 0 Å². The van der Waals surface area contributed by atoms with Gasteiger partial charge in [-0.1, -0.05) is 12.1 Å². The molecule has 3 nitrogen and oxygen atoms in total. The maximum atomic E-state index is 5.79. The highest BCUT2D eigenvalue weighted by Gasteiger charge is 2.08. The molecule has 14 heavy (non-hydrogen) atoms. The van der Waals surface area contributed by atoms with Gasteiger partial charge in [0.05, 0.1) is 5.52 Å². The fourth-order valence-electron chi connectivity index (χ4n) is 1.54. The minimum Gasteiger partial charge on any atom is -0.383 e. The number of benzene rings is 1. The van der Waals surface area contributed by atoms with E-state index in [9.17, 15) is 0 Å². The van der Waals surface area contributed by atoms with Crippen molar-refractivity contribution < 1.29 is 0 Å². The lowest BCUT2D eigenvalue weighted by atomic mass is 10.1. The second-order valence-electron chi connectivity index (χ2n) is 3.30.